The lowest BCUT2D eigenvalue weighted by molar-refractivity contribution is -0.121. The summed E-state index contributed by atoms with van der Waals surface area (Å²) in [4.78, 5) is 12.2. The number of carbonyl (C=O) groups is 1. The third kappa shape index (κ3) is 6.15. The molecule has 134 valence electrons. The monoisotopic (exact) mass is 362 g/mol. The van der Waals surface area contributed by atoms with Gasteiger partial charge in [0.15, 0.2) is 0 Å². The predicted molar refractivity (Wildman–Crippen MR) is 100 cm³/mol. The van der Waals surface area contributed by atoms with Gasteiger partial charge in [-0.1, -0.05) is 48.5 Å². The van der Waals surface area contributed by atoms with Gasteiger partial charge in [-0.2, -0.15) is 0 Å². The summed E-state index contributed by atoms with van der Waals surface area (Å²) >= 11 is 0. The second kappa shape index (κ2) is 9.54. The van der Waals surface area contributed by atoms with Crippen molar-refractivity contribution in [1.29, 1.82) is 0 Å². The lowest BCUT2D eigenvalue weighted by atomic mass is 9.98. The predicted octanol–water partition coefficient (Wildman–Crippen LogP) is 3.65. The molecule has 1 amide bonds. The quantitative estimate of drug-likeness (QED) is 0.752. The second-order valence-electron chi connectivity index (χ2n) is 6.41. The Morgan fingerprint density at radius 1 is 1.08 bits per heavy atom. The number of hydrogen-bond donors (Lipinski definition) is 2. The standard InChI is InChI=1S/C20H23FN2O.ClH/c21-18-9-5-4-8-17(18)19(12-15-6-2-1-3-7-15)23-20(24)14-22-13-16-10-11-16;/h1-9,16,19,22H,10-14H2,(H,23,24);1H. The molecular formula is C20H24ClFN2O. The maximum Gasteiger partial charge on any atom is 0.234 e. The number of nitrogens with one attached hydrogen (secondary N) is 2. The summed E-state index contributed by atoms with van der Waals surface area (Å²) in [5.74, 6) is 0.342. The molecule has 2 N–H and O–H groups in total. The molecule has 1 atom stereocenters. The molecule has 1 unspecified atom stereocenters. The maximum atomic E-state index is 14.2. The molecule has 1 saturated carbocycles. The molecule has 0 spiro atoms. The Bertz CT molecular complexity index is 676. The van der Waals surface area contributed by atoms with Crippen molar-refractivity contribution >= 4 is 18.3 Å². The van der Waals surface area contributed by atoms with E-state index in [4.69, 9.17) is 0 Å². The van der Waals surface area contributed by atoms with Gasteiger partial charge in [0.1, 0.15) is 5.82 Å². The Morgan fingerprint density at radius 2 is 1.76 bits per heavy atom. The van der Waals surface area contributed by atoms with Crippen molar-refractivity contribution in [3.05, 3.63) is 71.5 Å². The van der Waals surface area contributed by atoms with E-state index in [0.717, 1.165) is 18.0 Å². The van der Waals surface area contributed by atoms with Crippen molar-refractivity contribution in [2.24, 2.45) is 5.92 Å². The fraction of sp³-hybridized carbons (Fsp3) is 0.350. The molecule has 0 radical (unpaired) electrons. The normalized spacial score (nSPS) is 14.4. The van der Waals surface area contributed by atoms with Crippen LogP contribution >= 0.6 is 12.4 Å². The first kappa shape index (κ1) is 19.4. The van der Waals surface area contributed by atoms with Gasteiger partial charge in [0, 0.05) is 5.56 Å². The molecule has 1 aliphatic rings. The Morgan fingerprint density at radius 3 is 2.44 bits per heavy atom. The highest BCUT2D eigenvalue weighted by Crippen LogP contribution is 2.27. The molecular weight excluding hydrogens is 339 g/mol. The van der Waals surface area contributed by atoms with Crippen molar-refractivity contribution in [3.8, 4) is 0 Å². The van der Waals surface area contributed by atoms with Gasteiger partial charge in [-0.15, -0.1) is 12.4 Å². The second-order valence-corrected chi connectivity index (χ2v) is 6.41. The highest BCUT2D eigenvalue weighted by atomic mass is 35.5. The Kier molecular flexibility index (Phi) is 7.41. The van der Waals surface area contributed by atoms with Crippen LogP contribution < -0.4 is 10.6 Å². The van der Waals surface area contributed by atoms with E-state index in [0.29, 0.717) is 12.0 Å². The molecule has 1 fully saturated rings. The summed E-state index contributed by atoms with van der Waals surface area (Å²) < 4.78 is 14.2. The minimum Gasteiger partial charge on any atom is -0.348 e. The number of carbonyl (C=O) groups excluding carboxylic acids is 1. The van der Waals surface area contributed by atoms with Crippen molar-refractivity contribution in [2.75, 3.05) is 13.1 Å². The van der Waals surface area contributed by atoms with Crippen LogP contribution in [0.4, 0.5) is 4.39 Å². The summed E-state index contributed by atoms with van der Waals surface area (Å²) in [6.45, 7) is 1.16. The summed E-state index contributed by atoms with van der Waals surface area (Å²) in [6, 6.07) is 16.1. The van der Waals surface area contributed by atoms with Gasteiger partial charge in [0.05, 0.1) is 12.6 Å². The van der Waals surface area contributed by atoms with E-state index in [2.05, 4.69) is 10.6 Å². The van der Waals surface area contributed by atoms with Crippen LogP contribution in [-0.4, -0.2) is 19.0 Å². The van der Waals surface area contributed by atoms with Gasteiger partial charge in [-0.25, -0.2) is 4.39 Å². The number of rotatable bonds is 8. The van der Waals surface area contributed by atoms with E-state index in [1.54, 1.807) is 18.2 Å². The highest BCUT2D eigenvalue weighted by Gasteiger charge is 2.22. The number of hydrogen-bond acceptors (Lipinski definition) is 2. The van der Waals surface area contributed by atoms with Crippen molar-refractivity contribution in [3.63, 3.8) is 0 Å². The van der Waals surface area contributed by atoms with Gasteiger partial charge >= 0.3 is 0 Å². The van der Waals surface area contributed by atoms with Crippen LogP contribution in [0.5, 0.6) is 0 Å². The summed E-state index contributed by atoms with van der Waals surface area (Å²) in [5.41, 5.74) is 1.59. The number of benzene rings is 2. The van der Waals surface area contributed by atoms with Crippen molar-refractivity contribution < 1.29 is 9.18 Å². The smallest absolute Gasteiger partial charge is 0.234 e. The molecule has 0 aliphatic heterocycles. The third-order valence-corrected chi connectivity index (χ3v) is 4.31. The molecule has 25 heavy (non-hydrogen) atoms. The zero-order valence-corrected chi connectivity index (χ0v) is 14.9. The van der Waals surface area contributed by atoms with Crippen LogP contribution in [-0.2, 0) is 11.2 Å². The molecule has 0 heterocycles. The van der Waals surface area contributed by atoms with Crippen molar-refractivity contribution in [2.45, 2.75) is 25.3 Å². The molecule has 1 aliphatic carbocycles. The van der Waals surface area contributed by atoms with E-state index in [1.807, 2.05) is 30.3 Å². The van der Waals surface area contributed by atoms with Crippen molar-refractivity contribution in [1.82, 2.24) is 10.6 Å². The zero-order valence-electron chi connectivity index (χ0n) is 14.1. The van der Waals surface area contributed by atoms with E-state index in [-0.39, 0.29) is 36.7 Å². The van der Waals surface area contributed by atoms with Crippen LogP contribution in [0.2, 0.25) is 0 Å². The number of amides is 1. The van der Waals surface area contributed by atoms with Gasteiger partial charge in [-0.3, -0.25) is 4.79 Å². The molecule has 5 heteroatoms. The molecule has 3 nitrogen and oxygen atoms in total. The van der Waals surface area contributed by atoms with E-state index >= 15 is 0 Å². The van der Waals surface area contributed by atoms with Crippen LogP contribution in [0.3, 0.4) is 0 Å². The van der Waals surface area contributed by atoms with E-state index < -0.39 is 0 Å². The van der Waals surface area contributed by atoms with Crippen LogP contribution in [0.25, 0.3) is 0 Å². The Labute approximate surface area is 154 Å². The van der Waals surface area contributed by atoms with Crippen LogP contribution in [0.15, 0.2) is 54.6 Å². The summed E-state index contributed by atoms with van der Waals surface area (Å²) in [5, 5.41) is 6.15. The lowest BCUT2D eigenvalue weighted by Gasteiger charge is -2.20. The topological polar surface area (TPSA) is 41.1 Å². The van der Waals surface area contributed by atoms with E-state index in [9.17, 15) is 9.18 Å². The minimum atomic E-state index is -0.371. The zero-order chi connectivity index (χ0) is 16.8. The Hall–Kier alpha value is -1.91. The molecule has 3 rings (SSSR count). The summed E-state index contributed by atoms with van der Waals surface area (Å²) in [6.07, 6.45) is 3.07. The fourth-order valence-corrected chi connectivity index (χ4v) is 2.80. The molecule has 2 aromatic rings. The van der Waals surface area contributed by atoms with Gasteiger partial charge in [0.2, 0.25) is 5.91 Å². The fourth-order valence-electron chi connectivity index (χ4n) is 2.80. The molecule has 0 bridgehead atoms. The highest BCUT2D eigenvalue weighted by molar-refractivity contribution is 5.85. The third-order valence-electron chi connectivity index (χ3n) is 4.31. The SMILES string of the molecule is Cl.O=C(CNCC1CC1)NC(Cc1ccccc1)c1ccccc1F. The molecule has 2 aromatic carbocycles. The maximum absolute atomic E-state index is 14.2. The molecule has 0 saturated heterocycles. The lowest BCUT2D eigenvalue weighted by Crippen LogP contribution is -2.38. The van der Waals surface area contributed by atoms with Gasteiger partial charge in [0.25, 0.3) is 0 Å². The van der Waals surface area contributed by atoms with E-state index in [1.165, 1.54) is 18.9 Å². The average Bonchev–Trinajstić information content (AvgIpc) is 3.40. The first-order valence-corrected chi connectivity index (χ1v) is 8.51. The first-order chi connectivity index (χ1) is 11.7. The Balaban J connectivity index is 0.00000225. The average molecular weight is 363 g/mol. The minimum absolute atomic E-state index is 0. The van der Waals surface area contributed by atoms with Gasteiger partial charge in [-0.05, 0) is 43.4 Å². The molecule has 0 aromatic heterocycles. The first-order valence-electron chi connectivity index (χ1n) is 8.51. The summed E-state index contributed by atoms with van der Waals surface area (Å²) in [7, 11) is 0. The van der Waals surface area contributed by atoms with Gasteiger partial charge < -0.3 is 10.6 Å². The largest absolute Gasteiger partial charge is 0.348 e. The van der Waals surface area contributed by atoms with Crippen LogP contribution in [0, 0.1) is 11.7 Å². The van der Waals surface area contributed by atoms with Crippen LogP contribution in [0.1, 0.15) is 30.0 Å². The number of halogens is 2.